The quantitative estimate of drug-likeness (QED) is 0.602. The normalized spacial score (nSPS) is 13.2. The van der Waals surface area contributed by atoms with E-state index in [4.69, 9.17) is 9.47 Å². The molecule has 7 heteroatoms. The van der Waals surface area contributed by atoms with Crippen LogP contribution in [0, 0.1) is 0 Å². The summed E-state index contributed by atoms with van der Waals surface area (Å²) < 4.78 is 10.5. The molecule has 0 aliphatic carbocycles. The Morgan fingerprint density at radius 3 is 1.77 bits per heavy atom. The Balaban J connectivity index is 0.00000272. The second-order valence-electron chi connectivity index (χ2n) is 7.05. The van der Waals surface area contributed by atoms with Gasteiger partial charge in [-0.25, -0.2) is 4.79 Å². The molecule has 1 saturated heterocycles. The third-order valence-corrected chi connectivity index (χ3v) is 5.15. The summed E-state index contributed by atoms with van der Waals surface area (Å²) in [6, 6.07) is 25.1. The van der Waals surface area contributed by atoms with Gasteiger partial charge in [-0.05, 0) is 60.7 Å². The van der Waals surface area contributed by atoms with E-state index in [-0.39, 0.29) is 12.4 Å². The Morgan fingerprint density at radius 2 is 1.26 bits per heavy atom. The number of hydrogen-bond acceptors (Lipinski definition) is 5. The number of anilines is 3. The number of ether oxygens (including phenoxy) is 2. The first kappa shape index (κ1) is 22.3. The van der Waals surface area contributed by atoms with Crippen molar-refractivity contribution in [1.29, 1.82) is 0 Å². The minimum absolute atomic E-state index is 0. The fourth-order valence-electron chi connectivity index (χ4n) is 3.51. The van der Waals surface area contributed by atoms with Crippen LogP contribution in [0.25, 0.3) is 0 Å². The van der Waals surface area contributed by atoms with Gasteiger partial charge in [0.1, 0.15) is 11.5 Å². The number of hydrogen-bond donors (Lipinski definition) is 1. The average molecular weight is 440 g/mol. The van der Waals surface area contributed by atoms with Gasteiger partial charge in [-0.3, -0.25) is 5.32 Å². The van der Waals surface area contributed by atoms with Gasteiger partial charge >= 0.3 is 6.09 Å². The lowest BCUT2D eigenvalue weighted by Crippen LogP contribution is -2.46. The third kappa shape index (κ3) is 5.83. The predicted octanol–water partition coefficient (Wildman–Crippen LogP) is 5.05. The van der Waals surface area contributed by atoms with Crippen molar-refractivity contribution in [2.45, 2.75) is 0 Å². The molecule has 0 bridgehead atoms. The van der Waals surface area contributed by atoms with Crippen LogP contribution >= 0.6 is 12.4 Å². The minimum atomic E-state index is -0.498. The van der Waals surface area contributed by atoms with Gasteiger partial charge in [-0.1, -0.05) is 18.2 Å². The van der Waals surface area contributed by atoms with Crippen LogP contribution in [0.5, 0.6) is 11.5 Å². The highest BCUT2D eigenvalue weighted by Gasteiger charge is 2.17. The molecule has 0 aromatic heterocycles. The van der Waals surface area contributed by atoms with E-state index in [9.17, 15) is 4.79 Å². The number of piperazine rings is 1. The van der Waals surface area contributed by atoms with E-state index in [1.54, 1.807) is 19.2 Å². The van der Waals surface area contributed by atoms with Crippen molar-refractivity contribution in [3.63, 3.8) is 0 Å². The lowest BCUT2D eigenvalue weighted by atomic mass is 10.2. The molecule has 3 aromatic rings. The first-order valence-corrected chi connectivity index (χ1v) is 9.99. The monoisotopic (exact) mass is 439 g/mol. The molecule has 1 aliphatic rings. The fourth-order valence-corrected chi connectivity index (χ4v) is 3.51. The van der Waals surface area contributed by atoms with Crippen molar-refractivity contribution in [1.82, 2.24) is 0 Å². The molecule has 1 heterocycles. The lowest BCUT2D eigenvalue weighted by molar-refractivity contribution is 0.215. The molecule has 0 saturated carbocycles. The largest absolute Gasteiger partial charge is 0.497 e. The topological polar surface area (TPSA) is 54.0 Å². The fraction of sp³-hybridized carbons (Fsp3) is 0.208. The van der Waals surface area contributed by atoms with Crippen LogP contribution in [0.15, 0.2) is 78.9 Å². The lowest BCUT2D eigenvalue weighted by Gasteiger charge is -2.37. The maximum absolute atomic E-state index is 12.0. The summed E-state index contributed by atoms with van der Waals surface area (Å²) in [4.78, 5) is 16.8. The number of carbonyl (C=O) groups is 1. The predicted molar refractivity (Wildman–Crippen MR) is 127 cm³/mol. The molecular formula is C24H26ClN3O3. The second kappa shape index (κ2) is 10.6. The zero-order valence-corrected chi connectivity index (χ0v) is 18.2. The van der Waals surface area contributed by atoms with Gasteiger partial charge in [0.15, 0.2) is 0 Å². The van der Waals surface area contributed by atoms with Crippen LogP contribution in [0.4, 0.5) is 21.9 Å². The molecule has 0 radical (unpaired) electrons. The molecule has 3 aromatic carbocycles. The molecule has 1 fully saturated rings. The van der Waals surface area contributed by atoms with Crippen molar-refractivity contribution in [3.8, 4) is 11.5 Å². The third-order valence-electron chi connectivity index (χ3n) is 5.15. The first-order valence-electron chi connectivity index (χ1n) is 9.99. The Hall–Kier alpha value is -3.38. The minimum Gasteiger partial charge on any atom is -0.497 e. The van der Waals surface area contributed by atoms with Crippen LogP contribution in [-0.2, 0) is 0 Å². The zero-order valence-electron chi connectivity index (χ0n) is 17.4. The van der Waals surface area contributed by atoms with Gasteiger partial charge in [0.2, 0.25) is 0 Å². The van der Waals surface area contributed by atoms with Crippen LogP contribution in [-0.4, -0.2) is 39.4 Å². The number of halogens is 1. The SMILES string of the molecule is COc1ccc(N2CCN(c3ccc(NC(=O)Oc4ccccc4)cc3)CC2)cc1.Cl. The molecule has 0 unspecified atom stereocenters. The second-order valence-corrected chi connectivity index (χ2v) is 7.05. The van der Waals surface area contributed by atoms with Crippen LogP contribution < -0.4 is 24.6 Å². The summed E-state index contributed by atoms with van der Waals surface area (Å²) in [5.41, 5.74) is 3.06. The summed E-state index contributed by atoms with van der Waals surface area (Å²) in [6.07, 6.45) is -0.498. The standard InChI is InChI=1S/C24H25N3O3.ClH/c1-29-22-13-11-21(12-14-22)27-17-15-26(16-18-27)20-9-7-19(8-10-20)25-24(28)30-23-5-3-2-4-6-23;/h2-14H,15-18H2,1H3,(H,25,28);1H. The molecule has 1 N–H and O–H groups in total. The van der Waals surface area contributed by atoms with Crippen LogP contribution in [0.2, 0.25) is 0 Å². The van der Waals surface area contributed by atoms with Gasteiger partial charge < -0.3 is 19.3 Å². The smallest absolute Gasteiger partial charge is 0.417 e. The molecule has 4 rings (SSSR count). The molecule has 162 valence electrons. The Morgan fingerprint density at radius 1 is 0.742 bits per heavy atom. The van der Waals surface area contributed by atoms with Gasteiger partial charge in [0.05, 0.1) is 7.11 Å². The number of nitrogens with one attached hydrogen (secondary N) is 1. The van der Waals surface area contributed by atoms with Gasteiger partial charge in [0.25, 0.3) is 0 Å². The van der Waals surface area contributed by atoms with Crippen LogP contribution in [0.1, 0.15) is 0 Å². The molecule has 1 amide bonds. The van der Waals surface area contributed by atoms with Crippen LogP contribution in [0.3, 0.4) is 0 Å². The Bertz CT molecular complexity index is 958. The van der Waals surface area contributed by atoms with E-state index in [1.165, 1.54) is 5.69 Å². The van der Waals surface area contributed by atoms with Crippen molar-refractivity contribution in [3.05, 3.63) is 78.9 Å². The summed E-state index contributed by atoms with van der Waals surface area (Å²) in [6.45, 7) is 3.79. The number of para-hydroxylation sites is 1. The number of benzene rings is 3. The van der Waals surface area contributed by atoms with E-state index in [2.05, 4.69) is 27.2 Å². The van der Waals surface area contributed by atoms with Crippen molar-refractivity contribution in [2.75, 3.05) is 48.4 Å². The van der Waals surface area contributed by atoms with E-state index < -0.39 is 6.09 Å². The summed E-state index contributed by atoms with van der Waals surface area (Å²) in [7, 11) is 1.68. The van der Waals surface area contributed by atoms with Crippen molar-refractivity contribution in [2.24, 2.45) is 0 Å². The van der Waals surface area contributed by atoms with Crippen molar-refractivity contribution >= 4 is 35.6 Å². The van der Waals surface area contributed by atoms with Gasteiger partial charge in [-0.15, -0.1) is 12.4 Å². The highest BCUT2D eigenvalue weighted by atomic mass is 35.5. The zero-order chi connectivity index (χ0) is 20.8. The van der Waals surface area contributed by atoms with E-state index in [0.717, 1.165) is 37.6 Å². The van der Waals surface area contributed by atoms with E-state index in [1.807, 2.05) is 54.6 Å². The van der Waals surface area contributed by atoms with Gasteiger partial charge in [0, 0.05) is 43.2 Å². The molecule has 31 heavy (non-hydrogen) atoms. The molecule has 6 nitrogen and oxygen atoms in total. The number of nitrogens with zero attached hydrogens (tertiary/aromatic N) is 2. The van der Waals surface area contributed by atoms with Crippen molar-refractivity contribution < 1.29 is 14.3 Å². The molecule has 1 aliphatic heterocycles. The molecule has 0 atom stereocenters. The number of carbonyl (C=O) groups excluding carboxylic acids is 1. The maximum atomic E-state index is 12.0. The summed E-state index contributed by atoms with van der Waals surface area (Å²) in [5, 5.41) is 2.76. The van der Waals surface area contributed by atoms with Gasteiger partial charge in [-0.2, -0.15) is 0 Å². The highest BCUT2D eigenvalue weighted by molar-refractivity contribution is 5.86. The number of amides is 1. The average Bonchev–Trinajstić information content (AvgIpc) is 2.80. The Kier molecular flexibility index (Phi) is 7.62. The summed E-state index contributed by atoms with van der Waals surface area (Å²) in [5.74, 6) is 1.39. The first-order chi connectivity index (χ1) is 14.7. The maximum Gasteiger partial charge on any atom is 0.417 e. The molecular weight excluding hydrogens is 414 g/mol. The van der Waals surface area contributed by atoms with E-state index in [0.29, 0.717) is 11.4 Å². The summed E-state index contributed by atoms with van der Waals surface area (Å²) >= 11 is 0. The highest BCUT2D eigenvalue weighted by Crippen LogP contribution is 2.24. The number of rotatable bonds is 5. The molecule has 0 spiro atoms. The Labute approximate surface area is 188 Å². The number of methoxy groups -OCH3 is 1. The van der Waals surface area contributed by atoms with E-state index >= 15 is 0 Å².